The number of H-pyrrole nitrogens is 2. The van der Waals surface area contributed by atoms with Gasteiger partial charge in [0.2, 0.25) is 0 Å². The number of hydrogen-bond donors (Lipinski definition) is 3. The predicted octanol–water partition coefficient (Wildman–Crippen LogP) is 3.97. The molecule has 30 heavy (non-hydrogen) atoms. The van der Waals surface area contributed by atoms with Crippen LogP contribution in [0.2, 0.25) is 0 Å². The number of benzene rings is 2. The maximum atomic E-state index is 12.6. The molecule has 1 fully saturated rings. The summed E-state index contributed by atoms with van der Waals surface area (Å²) in [6.07, 6.45) is 1.41. The van der Waals surface area contributed by atoms with E-state index in [4.69, 9.17) is 5.11 Å². The van der Waals surface area contributed by atoms with Crippen molar-refractivity contribution in [2.45, 2.75) is 19.4 Å². The van der Waals surface area contributed by atoms with Crippen LogP contribution in [0.25, 0.3) is 33.1 Å². The summed E-state index contributed by atoms with van der Waals surface area (Å²) in [6.45, 7) is 2.42. The standard InChI is InChI=1S/C24H23N3O3/c28-23-19(12-17-3-1-2-4-20(17)26-23)22-13-18-11-15(5-6-21(18)25-22)14-27-9-7-16(8-10-27)24(29)30/h1-6,11-13,16,25H,7-10,14H2,(H,26,28)(H,29,30). The van der Waals surface area contributed by atoms with E-state index in [1.807, 2.05) is 42.5 Å². The van der Waals surface area contributed by atoms with E-state index in [1.165, 1.54) is 5.56 Å². The minimum atomic E-state index is -0.681. The summed E-state index contributed by atoms with van der Waals surface area (Å²) in [4.78, 5) is 32.4. The molecule has 152 valence electrons. The quantitative estimate of drug-likeness (QED) is 0.483. The summed E-state index contributed by atoms with van der Waals surface area (Å²) >= 11 is 0. The fourth-order valence-corrected chi connectivity index (χ4v) is 4.37. The molecule has 4 aromatic rings. The highest BCUT2D eigenvalue weighted by molar-refractivity contribution is 5.89. The number of pyridine rings is 1. The second kappa shape index (κ2) is 7.46. The van der Waals surface area contributed by atoms with Crippen molar-refractivity contribution in [3.8, 4) is 11.3 Å². The van der Waals surface area contributed by atoms with Gasteiger partial charge in [0, 0.05) is 23.0 Å². The fourth-order valence-electron chi connectivity index (χ4n) is 4.37. The molecule has 0 aliphatic carbocycles. The van der Waals surface area contributed by atoms with Crippen molar-refractivity contribution in [1.82, 2.24) is 14.9 Å². The number of aromatic amines is 2. The summed E-state index contributed by atoms with van der Waals surface area (Å²) in [6, 6.07) is 18.0. The maximum absolute atomic E-state index is 12.6. The first kappa shape index (κ1) is 18.6. The van der Waals surface area contributed by atoms with Crippen LogP contribution < -0.4 is 5.56 Å². The number of carboxylic acid groups (broad SMARTS) is 1. The van der Waals surface area contributed by atoms with Gasteiger partial charge in [-0.05, 0) is 67.2 Å². The first-order valence-electron chi connectivity index (χ1n) is 10.3. The molecule has 0 unspecified atom stereocenters. The molecule has 1 aliphatic heterocycles. The lowest BCUT2D eigenvalue weighted by Crippen LogP contribution is -2.35. The first-order valence-corrected chi connectivity index (χ1v) is 10.3. The largest absolute Gasteiger partial charge is 0.481 e. The Balaban J connectivity index is 1.40. The number of hydrogen-bond acceptors (Lipinski definition) is 3. The average Bonchev–Trinajstić information content (AvgIpc) is 3.16. The summed E-state index contributed by atoms with van der Waals surface area (Å²) < 4.78 is 0. The summed E-state index contributed by atoms with van der Waals surface area (Å²) in [5.74, 6) is -0.893. The van der Waals surface area contributed by atoms with E-state index in [0.29, 0.717) is 18.4 Å². The minimum absolute atomic E-state index is 0.109. The van der Waals surface area contributed by atoms with E-state index in [9.17, 15) is 9.59 Å². The highest BCUT2D eigenvalue weighted by atomic mass is 16.4. The van der Waals surface area contributed by atoms with Crippen molar-refractivity contribution < 1.29 is 9.90 Å². The number of nitrogens with zero attached hydrogens (tertiary/aromatic N) is 1. The lowest BCUT2D eigenvalue weighted by molar-refractivity contribution is -0.143. The number of carbonyl (C=O) groups is 1. The molecule has 2 aromatic heterocycles. The zero-order chi connectivity index (χ0) is 20.7. The molecule has 0 bridgehead atoms. The Kier molecular flexibility index (Phi) is 4.64. The Bertz CT molecular complexity index is 1300. The van der Waals surface area contributed by atoms with Crippen LogP contribution >= 0.6 is 0 Å². The SMILES string of the molecule is O=C(O)C1CCN(Cc2ccc3[nH]c(-c4cc5ccccc5[nH]c4=O)cc3c2)CC1. The highest BCUT2D eigenvalue weighted by Crippen LogP contribution is 2.26. The molecule has 3 heterocycles. The zero-order valence-corrected chi connectivity index (χ0v) is 16.5. The molecule has 6 nitrogen and oxygen atoms in total. The Hall–Kier alpha value is -3.38. The van der Waals surface area contributed by atoms with Gasteiger partial charge in [-0.3, -0.25) is 14.5 Å². The van der Waals surface area contributed by atoms with Crippen LogP contribution in [-0.4, -0.2) is 39.0 Å². The van der Waals surface area contributed by atoms with E-state index in [1.54, 1.807) is 0 Å². The van der Waals surface area contributed by atoms with E-state index in [0.717, 1.165) is 47.1 Å². The predicted molar refractivity (Wildman–Crippen MR) is 117 cm³/mol. The Morgan fingerprint density at radius 1 is 0.967 bits per heavy atom. The van der Waals surface area contributed by atoms with Gasteiger partial charge < -0.3 is 15.1 Å². The van der Waals surface area contributed by atoms with E-state index in [2.05, 4.69) is 27.0 Å². The van der Waals surface area contributed by atoms with E-state index in [-0.39, 0.29) is 11.5 Å². The fraction of sp³-hybridized carbons (Fsp3) is 0.250. The molecular weight excluding hydrogens is 378 g/mol. The molecular formula is C24H23N3O3. The molecule has 5 rings (SSSR count). The molecule has 0 saturated carbocycles. The van der Waals surface area contributed by atoms with Gasteiger partial charge in [-0.25, -0.2) is 0 Å². The van der Waals surface area contributed by atoms with Gasteiger partial charge in [-0.2, -0.15) is 0 Å². The van der Waals surface area contributed by atoms with Gasteiger partial charge >= 0.3 is 5.97 Å². The number of fused-ring (bicyclic) bond motifs is 2. The molecule has 3 N–H and O–H groups in total. The molecule has 0 amide bonds. The van der Waals surface area contributed by atoms with Gasteiger partial charge in [0.15, 0.2) is 0 Å². The van der Waals surface area contributed by atoms with Crippen LogP contribution in [-0.2, 0) is 11.3 Å². The third-order valence-electron chi connectivity index (χ3n) is 6.07. The van der Waals surface area contributed by atoms with Crippen LogP contribution in [0.1, 0.15) is 18.4 Å². The lowest BCUT2D eigenvalue weighted by Gasteiger charge is -2.30. The smallest absolute Gasteiger partial charge is 0.306 e. The Morgan fingerprint density at radius 3 is 2.53 bits per heavy atom. The topological polar surface area (TPSA) is 89.2 Å². The van der Waals surface area contributed by atoms with Crippen LogP contribution in [0.3, 0.4) is 0 Å². The van der Waals surface area contributed by atoms with Crippen molar-refractivity contribution in [2.24, 2.45) is 5.92 Å². The minimum Gasteiger partial charge on any atom is -0.481 e. The van der Waals surface area contributed by atoms with Crippen LogP contribution in [0.5, 0.6) is 0 Å². The van der Waals surface area contributed by atoms with Crippen molar-refractivity contribution in [1.29, 1.82) is 0 Å². The summed E-state index contributed by atoms with van der Waals surface area (Å²) in [5, 5.41) is 11.2. The molecule has 1 aliphatic rings. The number of piperidine rings is 1. The van der Waals surface area contributed by atoms with Gasteiger partial charge in [0.05, 0.1) is 17.2 Å². The Labute approximate surface area is 173 Å². The van der Waals surface area contributed by atoms with Crippen LogP contribution in [0.4, 0.5) is 0 Å². The van der Waals surface area contributed by atoms with E-state index < -0.39 is 5.97 Å². The number of likely N-dealkylation sites (tertiary alicyclic amines) is 1. The molecule has 0 spiro atoms. The third kappa shape index (κ3) is 3.50. The normalized spacial score (nSPS) is 15.7. The number of aliphatic carboxylic acids is 1. The van der Waals surface area contributed by atoms with Gasteiger partial charge in [-0.1, -0.05) is 24.3 Å². The molecule has 1 saturated heterocycles. The highest BCUT2D eigenvalue weighted by Gasteiger charge is 2.24. The number of aromatic nitrogens is 2. The van der Waals surface area contributed by atoms with Gasteiger partial charge in [0.1, 0.15) is 0 Å². The van der Waals surface area contributed by atoms with E-state index >= 15 is 0 Å². The number of para-hydroxylation sites is 1. The summed E-state index contributed by atoms with van der Waals surface area (Å²) in [7, 11) is 0. The van der Waals surface area contributed by atoms with Crippen molar-refractivity contribution in [3.63, 3.8) is 0 Å². The summed E-state index contributed by atoms with van der Waals surface area (Å²) in [5.41, 5.74) is 4.33. The van der Waals surface area contributed by atoms with Crippen LogP contribution in [0.15, 0.2) is 59.4 Å². The lowest BCUT2D eigenvalue weighted by atomic mass is 9.97. The zero-order valence-electron chi connectivity index (χ0n) is 16.5. The monoisotopic (exact) mass is 401 g/mol. The average molecular weight is 401 g/mol. The molecule has 0 radical (unpaired) electrons. The number of rotatable bonds is 4. The van der Waals surface area contributed by atoms with Crippen molar-refractivity contribution >= 4 is 27.8 Å². The number of nitrogens with one attached hydrogen (secondary N) is 2. The molecule has 2 aromatic carbocycles. The second-order valence-electron chi connectivity index (χ2n) is 8.09. The Morgan fingerprint density at radius 2 is 1.73 bits per heavy atom. The van der Waals surface area contributed by atoms with Crippen molar-refractivity contribution in [3.05, 3.63) is 70.5 Å². The first-order chi connectivity index (χ1) is 14.6. The van der Waals surface area contributed by atoms with Gasteiger partial charge in [-0.15, -0.1) is 0 Å². The number of carboxylic acids is 1. The van der Waals surface area contributed by atoms with Gasteiger partial charge in [0.25, 0.3) is 5.56 Å². The van der Waals surface area contributed by atoms with Crippen LogP contribution in [0, 0.1) is 5.92 Å². The maximum Gasteiger partial charge on any atom is 0.306 e. The third-order valence-corrected chi connectivity index (χ3v) is 6.07. The molecule has 0 atom stereocenters. The van der Waals surface area contributed by atoms with Crippen molar-refractivity contribution in [2.75, 3.05) is 13.1 Å². The second-order valence-corrected chi connectivity index (χ2v) is 8.09. The molecule has 6 heteroatoms.